The molecule has 1 aliphatic rings. The van der Waals surface area contributed by atoms with Crippen LogP contribution in [0.2, 0.25) is 5.02 Å². The van der Waals surface area contributed by atoms with Gasteiger partial charge in [0.05, 0.1) is 18.5 Å². The van der Waals surface area contributed by atoms with Crippen LogP contribution in [0.5, 0.6) is 0 Å². The maximum Gasteiger partial charge on any atom is 0.233 e. The number of hydrogen-bond acceptors (Lipinski definition) is 4. The monoisotopic (exact) mass is 457 g/mol. The van der Waals surface area contributed by atoms with Gasteiger partial charge in [0, 0.05) is 31.2 Å². The summed E-state index contributed by atoms with van der Waals surface area (Å²) in [6.45, 7) is 4.82. The highest BCUT2D eigenvalue weighted by atomic mass is 35.5. The molecule has 0 radical (unpaired) electrons. The molecular weight excluding hydrogens is 426 g/mol. The first-order valence-corrected chi connectivity index (χ1v) is 11.6. The normalized spacial score (nSPS) is 16.4. The Morgan fingerprint density at radius 2 is 1.69 bits per heavy atom. The molecule has 32 heavy (non-hydrogen) atoms. The third kappa shape index (κ3) is 6.31. The Balaban J connectivity index is 1.71. The molecule has 2 aromatic rings. The highest BCUT2D eigenvalue weighted by Crippen LogP contribution is 2.30. The zero-order valence-electron chi connectivity index (χ0n) is 18.6. The van der Waals surface area contributed by atoms with E-state index in [4.69, 9.17) is 11.6 Å². The molecule has 0 spiro atoms. The molecule has 1 saturated heterocycles. The van der Waals surface area contributed by atoms with Crippen molar-refractivity contribution in [3.05, 3.63) is 70.7 Å². The molecule has 0 aliphatic carbocycles. The van der Waals surface area contributed by atoms with Crippen molar-refractivity contribution >= 4 is 23.9 Å². The van der Waals surface area contributed by atoms with Gasteiger partial charge in [-0.1, -0.05) is 73.8 Å². The fourth-order valence-corrected chi connectivity index (χ4v) is 4.49. The predicted octanol–water partition coefficient (Wildman–Crippen LogP) is 4.23. The van der Waals surface area contributed by atoms with Crippen molar-refractivity contribution in [2.24, 2.45) is 5.92 Å². The van der Waals surface area contributed by atoms with Crippen LogP contribution >= 0.6 is 11.6 Å². The molecule has 0 aromatic heterocycles. The number of carbonyl (C=O) groups is 2. The van der Waals surface area contributed by atoms with Crippen LogP contribution in [0.3, 0.4) is 0 Å². The van der Waals surface area contributed by atoms with Gasteiger partial charge in [0.1, 0.15) is 0 Å². The largest absolute Gasteiger partial charge is 0.340 e. The first-order chi connectivity index (χ1) is 15.5. The minimum Gasteiger partial charge on any atom is -0.340 e. The summed E-state index contributed by atoms with van der Waals surface area (Å²) in [6.07, 6.45) is 2.87. The van der Waals surface area contributed by atoms with Crippen molar-refractivity contribution in [2.75, 3.05) is 32.7 Å². The summed E-state index contributed by atoms with van der Waals surface area (Å²) in [7, 11) is 0. The Bertz CT molecular complexity index is 854. The van der Waals surface area contributed by atoms with E-state index in [1.165, 1.54) is 11.1 Å². The summed E-state index contributed by atoms with van der Waals surface area (Å²) in [4.78, 5) is 28.3. The molecule has 2 unspecified atom stereocenters. The van der Waals surface area contributed by atoms with Crippen molar-refractivity contribution < 1.29 is 14.8 Å². The SMILES string of the molecule is CCCCC(CN(O)C=O)C(=O)N1CCN(C(c2ccccc2)c2ccc(Cl)cc2)CC1. The van der Waals surface area contributed by atoms with Gasteiger partial charge in [0.15, 0.2) is 0 Å². The van der Waals surface area contributed by atoms with Gasteiger partial charge in [-0.05, 0) is 29.7 Å². The molecular formula is C25H32ClN3O3. The molecule has 1 N–H and O–H groups in total. The number of hydrogen-bond donors (Lipinski definition) is 1. The van der Waals surface area contributed by atoms with E-state index in [0.29, 0.717) is 36.0 Å². The van der Waals surface area contributed by atoms with Crippen molar-refractivity contribution in [3.8, 4) is 0 Å². The molecule has 3 rings (SSSR count). The lowest BCUT2D eigenvalue weighted by Crippen LogP contribution is -2.52. The standard InChI is InChI=1S/C25H32ClN3O3/c1-2-3-7-22(18-29(32)19-30)25(31)28-16-14-27(15-17-28)24(20-8-5-4-6-9-20)21-10-12-23(26)13-11-21/h4-6,8-13,19,22,24,32H,2-3,7,14-18H2,1H3. The van der Waals surface area contributed by atoms with E-state index in [1.54, 1.807) is 0 Å². The highest BCUT2D eigenvalue weighted by molar-refractivity contribution is 6.30. The summed E-state index contributed by atoms with van der Waals surface area (Å²) < 4.78 is 0. The number of nitrogens with zero attached hydrogens (tertiary/aromatic N) is 3. The lowest BCUT2D eigenvalue weighted by molar-refractivity contribution is -0.157. The molecule has 0 saturated carbocycles. The van der Waals surface area contributed by atoms with E-state index >= 15 is 0 Å². The van der Waals surface area contributed by atoms with E-state index in [1.807, 2.05) is 35.2 Å². The van der Waals surface area contributed by atoms with Gasteiger partial charge in [-0.3, -0.25) is 19.7 Å². The average molecular weight is 458 g/mol. The summed E-state index contributed by atoms with van der Waals surface area (Å²) in [6, 6.07) is 18.4. The van der Waals surface area contributed by atoms with Crippen LogP contribution in [0.25, 0.3) is 0 Å². The second-order valence-electron chi connectivity index (χ2n) is 8.29. The van der Waals surface area contributed by atoms with E-state index in [0.717, 1.165) is 25.9 Å². The van der Waals surface area contributed by atoms with E-state index in [2.05, 4.69) is 36.1 Å². The fraction of sp³-hybridized carbons (Fsp3) is 0.440. The first-order valence-electron chi connectivity index (χ1n) is 11.3. The van der Waals surface area contributed by atoms with Crippen LogP contribution in [-0.2, 0) is 9.59 Å². The third-order valence-corrected chi connectivity index (χ3v) is 6.33. The Morgan fingerprint density at radius 3 is 2.28 bits per heavy atom. The van der Waals surface area contributed by atoms with E-state index in [9.17, 15) is 14.8 Å². The van der Waals surface area contributed by atoms with Gasteiger partial charge >= 0.3 is 0 Å². The predicted molar refractivity (Wildman–Crippen MR) is 125 cm³/mol. The Hall–Kier alpha value is -2.41. The second kappa shape index (κ2) is 12.0. The number of rotatable bonds is 10. The minimum atomic E-state index is -0.377. The zero-order chi connectivity index (χ0) is 22.9. The van der Waals surface area contributed by atoms with Gasteiger partial charge < -0.3 is 4.90 Å². The number of halogens is 1. The molecule has 1 aliphatic heterocycles. The molecule has 2 amide bonds. The van der Waals surface area contributed by atoms with Gasteiger partial charge in [0.2, 0.25) is 12.3 Å². The number of benzene rings is 2. The molecule has 7 heteroatoms. The molecule has 172 valence electrons. The lowest BCUT2D eigenvalue weighted by Gasteiger charge is -2.41. The lowest BCUT2D eigenvalue weighted by atomic mass is 9.96. The molecule has 1 heterocycles. The summed E-state index contributed by atoms with van der Waals surface area (Å²) >= 11 is 6.11. The topological polar surface area (TPSA) is 64.1 Å². The van der Waals surface area contributed by atoms with Crippen molar-refractivity contribution in [2.45, 2.75) is 32.2 Å². The molecule has 6 nitrogen and oxygen atoms in total. The van der Waals surface area contributed by atoms with Crippen LogP contribution in [0, 0.1) is 5.92 Å². The minimum absolute atomic E-state index is 0.0155. The van der Waals surface area contributed by atoms with Gasteiger partial charge in [-0.15, -0.1) is 0 Å². The maximum atomic E-state index is 13.1. The number of carbonyl (C=O) groups excluding carboxylic acids is 2. The van der Waals surface area contributed by atoms with E-state index < -0.39 is 0 Å². The second-order valence-corrected chi connectivity index (χ2v) is 8.73. The Morgan fingerprint density at radius 1 is 1.06 bits per heavy atom. The van der Waals surface area contributed by atoms with Crippen LogP contribution in [0.15, 0.2) is 54.6 Å². The highest BCUT2D eigenvalue weighted by Gasteiger charge is 2.31. The molecule has 0 bridgehead atoms. The van der Waals surface area contributed by atoms with Gasteiger partial charge in [-0.25, -0.2) is 5.06 Å². The van der Waals surface area contributed by atoms with E-state index in [-0.39, 0.29) is 24.4 Å². The number of hydroxylamine groups is 2. The summed E-state index contributed by atoms with van der Waals surface area (Å²) in [5.74, 6) is -0.361. The van der Waals surface area contributed by atoms with Crippen LogP contribution < -0.4 is 0 Å². The third-order valence-electron chi connectivity index (χ3n) is 6.08. The molecule has 1 fully saturated rings. The Kier molecular flexibility index (Phi) is 9.09. The zero-order valence-corrected chi connectivity index (χ0v) is 19.3. The van der Waals surface area contributed by atoms with Crippen LogP contribution in [0.1, 0.15) is 43.4 Å². The van der Waals surface area contributed by atoms with Gasteiger partial charge in [-0.2, -0.15) is 0 Å². The van der Waals surface area contributed by atoms with Crippen LogP contribution in [-0.4, -0.2) is 65.1 Å². The number of piperazine rings is 1. The average Bonchev–Trinajstić information content (AvgIpc) is 2.83. The van der Waals surface area contributed by atoms with Crippen LogP contribution in [0.4, 0.5) is 0 Å². The first kappa shape index (κ1) is 24.2. The smallest absolute Gasteiger partial charge is 0.233 e. The fourth-order valence-electron chi connectivity index (χ4n) is 4.37. The molecule has 2 atom stereocenters. The summed E-state index contributed by atoms with van der Waals surface area (Å²) in [5.41, 5.74) is 2.38. The number of unbranched alkanes of at least 4 members (excludes halogenated alkanes) is 1. The Labute approximate surface area is 195 Å². The van der Waals surface area contributed by atoms with Crippen molar-refractivity contribution in [3.63, 3.8) is 0 Å². The summed E-state index contributed by atoms with van der Waals surface area (Å²) in [5, 5.41) is 10.9. The van der Waals surface area contributed by atoms with Crippen molar-refractivity contribution in [1.29, 1.82) is 0 Å². The molecule has 2 aromatic carbocycles. The van der Waals surface area contributed by atoms with Crippen molar-refractivity contribution in [1.82, 2.24) is 14.9 Å². The quantitative estimate of drug-likeness (QED) is 0.329. The van der Waals surface area contributed by atoms with Gasteiger partial charge in [0.25, 0.3) is 0 Å². The maximum absolute atomic E-state index is 13.1. The number of amides is 2.